The molecule has 2 unspecified atom stereocenters. The van der Waals surface area contributed by atoms with Crippen LogP contribution in [0.3, 0.4) is 0 Å². The molecule has 0 spiro atoms. The van der Waals surface area contributed by atoms with E-state index in [0.717, 1.165) is 45.3 Å². The minimum atomic E-state index is -0.588. The van der Waals surface area contributed by atoms with Crippen LogP contribution in [0.5, 0.6) is 0 Å². The quantitative estimate of drug-likeness (QED) is 0.598. The average molecular weight is 298 g/mol. The third-order valence-electron chi connectivity index (χ3n) is 4.43. The molecule has 0 aromatic heterocycles. The zero-order valence-corrected chi connectivity index (χ0v) is 14.5. The van der Waals surface area contributed by atoms with Gasteiger partial charge in [-0.2, -0.15) is 0 Å². The van der Waals surface area contributed by atoms with E-state index in [2.05, 4.69) is 43.1 Å². The monoisotopic (exact) mass is 298 g/mol. The van der Waals surface area contributed by atoms with Gasteiger partial charge in [-0.1, -0.05) is 6.92 Å². The van der Waals surface area contributed by atoms with E-state index in [1.165, 1.54) is 0 Å². The Morgan fingerprint density at radius 1 is 1.38 bits per heavy atom. The van der Waals surface area contributed by atoms with Gasteiger partial charge in [-0.3, -0.25) is 4.79 Å². The van der Waals surface area contributed by atoms with Gasteiger partial charge >= 0.3 is 0 Å². The number of primary amides is 1. The highest BCUT2D eigenvalue weighted by atomic mass is 16.1. The fourth-order valence-electron chi connectivity index (χ4n) is 2.91. The van der Waals surface area contributed by atoms with Crippen molar-refractivity contribution in [2.24, 2.45) is 5.73 Å². The molecule has 5 nitrogen and oxygen atoms in total. The van der Waals surface area contributed by atoms with Gasteiger partial charge in [0.1, 0.15) is 0 Å². The van der Waals surface area contributed by atoms with Crippen molar-refractivity contribution >= 4 is 5.91 Å². The highest BCUT2D eigenvalue weighted by Gasteiger charge is 2.38. The molecule has 1 aliphatic rings. The van der Waals surface area contributed by atoms with Crippen molar-refractivity contribution in [2.75, 3.05) is 33.7 Å². The maximum atomic E-state index is 11.9. The molecule has 1 rings (SSSR count). The van der Waals surface area contributed by atoms with Gasteiger partial charge in [0.15, 0.2) is 0 Å². The van der Waals surface area contributed by atoms with Gasteiger partial charge in [0, 0.05) is 12.1 Å². The number of nitrogens with zero attached hydrogens (tertiary/aromatic N) is 2. The number of rotatable bonds is 11. The van der Waals surface area contributed by atoms with E-state index in [4.69, 9.17) is 5.73 Å². The molecule has 3 N–H and O–H groups in total. The zero-order chi connectivity index (χ0) is 16.0. The van der Waals surface area contributed by atoms with Crippen LogP contribution in [0.4, 0.5) is 0 Å². The number of hydrogen-bond acceptors (Lipinski definition) is 4. The maximum absolute atomic E-state index is 11.9. The van der Waals surface area contributed by atoms with E-state index in [1.807, 2.05) is 6.92 Å². The molecular weight excluding hydrogens is 264 g/mol. The molecule has 1 amide bonds. The van der Waals surface area contributed by atoms with Crippen LogP contribution in [-0.2, 0) is 4.79 Å². The van der Waals surface area contributed by atoms with Gasteiger partial charge in [0.05, 0.1) is 5.54 Å². The summed E-state index contributed by atoms with van der Waals surface area (Å²) in [6, 6.07) is 0.833. The van der Waals surface area contributed by atoms with E-state index < -0.39 is 5.54 Å². The lowest BCUT2D eigenvalue weighted by Crippen LogP contribution is -2.57. The lowest BCUT2D eigenvalue weighted by molar-refractivity contribution is -0.124. The summed E-state index contributed by atoms with van der Waals surface area (Å²) in [5, 5.41) is 3.44. The lowest BCUT2D eigenvalue weighted by Gasteiger charge is -2.36. The highest BCUT2D eigenvalue weighted by molar-refractivity contribution is 5.84. The predicted octanol–water partition coefficient (Wildman–Crippen LogP) is 1.03. The minimum Gasteiger partial charge on any atom is -0.368 e. The maximum Gasteiger partial charge on any atom is 0.237 e. The molecule has 1 aliphatic carbocycles. The average Bonchev–Trinajstić information content (AvgIpc) is 3.17. The summed E-state index contributed by atoms with van der Waals surface area (Å²) in [4.78, 5) is 16.5. The summed E-state index contributed by atoms with van der Waals surface area (Å²) in [7, 11) is 4.20. The fourth-order valence-corrected chi connectivity index (χ4v) is 2.91. The molecular formula is C16H34N4O. The number of carbonyl (C=O) groups is 1. The third-order valence-corrected chi connectivity index (χ3v) is 4.43. The number of nitrogens with two attached hydrogens (primary N) is 1. The molecule has 0 aromatic carbocycles. The smallest absolute Gasteiger partial charge is 0.237 e. The second kappa shape index (κ2) is 8.11. The van der Waals surface area contributed by atoms with Crippen LogP contribution in [0.15, 0.2) is 0 Å². The molecule has 0 saturated heterocycles. The van der Waals surface area contributed by atoms with Crippen LogP contribution in [0.25, 0.3) is 0 Å². The molecule has 0 bridgehead atoms. The summed E-state index contributed by atoms with van der Waals surface area (Å²) in [6.07, 6.45) is 4.25. The van der Waals surface area contributed by atoms with Crippen molar-refractivity contribution in [2.45, 2.75) is 64.1 Å². The summed E-state index contributed by atoms with van der Waals surface area (Å²) >= 11 is 0. The van der Waals surface area contributed by atoms with Crippen molar-refractivity contribution in [1.82, 2.24) is 15.1 Å². The lowest BCUT2D eigenvalue weighted by atomic mass is 9.91. The molecule has 1 saturated carbocycles. The van der Waals surface area contributed by atoms with E-state index in [0.29, 0.717) is 12.1 Å². The van der Waals surface area contributed by atoms with E-state index >= 15 is 0 Å². The molecule has 21 heavy (non-hydrogen) atoms. The topological polar surface area (TPSA) is 61.6 Å². The second-order valence-corrected chi connectivity index (χ2v) is 6.95. The Hall–Kier alpha value is -0.650. The standard InChI is InChI=1S/C16H34N4O/c1-6-20(11-7-10-19(4)5)13(2)12-16(3,15(17)21)18-14-8-9-14/h13-14,18H,6-12H2,1-5H3,(H2,17,21). The summed E-state index contributed by atoms with van der Waals surface area (Å²) in [5.41, 5.74) is 5.06. The van der Waals surface area contributed by atoms with Crippen LogP contribution in [0.2, 0.25) is 0 Å². The summed E-state index contributed by atoms with van der Waals surface area (Å²) < 4.78 is 0. The van der Waals surface area contributed by atoms with E-state index in [9.17, 15) is 4.79 Å². The second-order valence-electron chi connectivity index (χ2n) is 6.95. The Balaban J connectivity index is 2.52. The Labute approximate surface area is 130 Å². The van der Waals surface area contributed by atoms with Gasteiger partial charge < -0.3 is 20.9 Å². The van der Waals surface area contributed by atoms with Crippen molar-refractivity contribution in [3.63, 3.8) is 0 Å². The molecule has 0 aromatic rings. The first-order valence-corrected chi connectivity index (χ1v) is 8.25. The van der Waals surface area contributed by atoms with Crippen molar-refractivity contribution in [1.29, 1.82) is 0 Å². The number of amides is 1. The van der Waals surface area contributed by atoms with Crippen LogP contribution in [-0.4, -0.2) is 67.1 Å². The predicted molar refractivity (Wildman–Crippen MR) is 88.3 cm³/mol. The van der Waals surface area contributed by atoms with Crippen molar-refractivity contribution < 1.29 is 4.79 Å². The minimum absolute atomic E-state index is 0.231. The molecule has 5 heteroatoms. The van der Waals surface area contributed by atoms with Gasteiger partial charge in [-0.05, 0) is 73.3 Å². The van der Waals surface area contributed by atoms with Crippen LogP contribution in [0, 0.1) is 0 Å². The van der Waals surface area contributed by atoms with Crippen LogP contribution in [0.1, 0.15) is 46.5 Å². The number of nitrogens with one attached hydrogen (secondary N) is 1. The van der Waals surface area contributed by atoms with Gasteiger partial charge in [-0.15, -0.1) is 0 Å². The van der Waals surface area contributed by atoms with Crippen LogP contribution >= 0.6 is 0 Å². The van der Waals surface area contributed by atoms with Crippen molar-refractivity contribution in [3.05, 3.63) is 0 Å². The molecule has 0 radical (unpaired) electrons. The zero-order valence-electron chi connectivity index (χ0n) is 14.5. The largest absolute Gasteiger partial charge is 0.368 e. The van der Waals surface area contributed by atoms with Gasteiger partial charge in [0.25, 0.3) is 0 Å². The molecule has 0 heterocycles. The Bertz CT molecular complexity index is 330. The Morgan fingerprint density at radius 2 is 2.00 bits per heavy atom. The summed E-state index contributed by atoms with van der Waals surface area (Å²) in [6.45, 7) is 9.51. The first-order valence-electron chi connectivity index (χ1n) is 8.25. The normalized spacial score (nSPS) is 19.8. The highest BCUT2D eigenvalue weighted by Crippen LogP contribution is 2.25. The SMILES string of the molecule is CCN(CCCN(C)C)C(C)CC(C)(NC1CC1)C(N)=O. The molecule has 2 atom stereocenters. The van der Waals surface area contributed by atoms with E-state index in [-0.39, 0.29) is 5.91 Å². The molecule has 1 fully saturated rings. The first kappa shape index (κ1) is 18.4. The Morgan fingerprint density at radius 3 is 2.43 bits per heavy atom. The third kappa shape index (κ3) is 6.32. The summed E-state index contributed by atoms with van der Waals surface area (Å²) in [5.74, 6) is -0.231. The Kier molecular flexibility index (Phi) is 7.10. The van der Waals surface area contributed by atoms with Crippen LogP contribution < -0.4 is 11.1 Å². The van der Waals surface area contributed by atoms with Gasteiger partial charge in [0.2, 0.25) is 5.91 Å². The van der Waals surface area contributed by atoms with Gasteiger partial charge in [-0.25, -0.2) is 0 Å². The van der Waals surface area contributed by atoms with E-state index in [1.54, 1.807) is 0 Å². The molecule has 124 valence electrons. The number of carbonyl (C=O) groups excluding carboxylic acids is 1. The number of hydrogen-bond donors (Lipinski definition) is 2. The van der Waals surface area contributed by atoms with Crippen molar-refractivity contribution in [3.8, 4) is 0 Å². The first-order chi connectivity index (χ1) is 9.78. The fraction of sp³-hybridized carbons (Fsp3) is 0.938. The molecule has 0 aliphatic heterocycles.